The maximum atomic E-state index is 4.49. The van der Waals surface area contributed by atoms with Gasteiger partial charge >= 0.3 is 0 Å². The summed E-state index contributed by atoms with van der Waals surface area (Å²) < 4.78 is 0. The molecule has 1 unspecified atom stereocenters. The molecular weight excluding hydrogens is 431 g/mol. The molecule has 2 fully saturated rings. The van der Waals surface area contributed by atoms with Crippen molar-refractivity contribution < 1.29 is 0 Å². The molecule has 0 bridgehead atoms. The maximum absolute atomic E-state index is 4.49. The third-order valence-electron chi connectivity index (χ3n) is 4.99. The molecule has 0 aromatic heterocycles. The van der Waals surface area contributed by atoms with Crippen LogP contribution in [0.4, 0.5) is 0 Å². The molecule has 0 saturated carbocycles. The first-order chi connectivity index (χ1) is 11.3. The Balaban J connectivity index is 0.00000288. The molecule has 1 atom stereocenters. The fourth-order valence-corrected chi connectivity index (χ4v) is 4.69. The van der Waals surface area contributed by atoms with E-state index in [-0.39, 0.29) is 24.0 Å². The van der Waals surface area contributed by atoms with Crippen molar-refractivity contribution in [1.29, 1.82) is 0 Å². The van der Waals surface area contributed by atoms with Crippen LogP contribution < -0.4 is 5.32 Å². The summed E-state index contributed by atoms with van der Waals surface area (Å²) in [6.45, 7) is 9.60. The Bertz CT molecular complexity index is 348. The molecule has 6 heteroatoms. The van der Waals surface area contributed by atoms with Gasteiger partial charge in [0.25, 0.3) is 0 Å². The number of thioether (sulfide) groups is 1. The molecule has 24 heavy (non-hydrogen) atoms. The van der Waals surface area contributed by atoms with Gasteiger partial charge in [-0.05, 0) is 51.7 Å². The number of guanidine groups is 1. The number of piperidine rings is 1. The van der Waals surface area contributed by atoms with E-state index < -0.39 is 0 Å². The van der Waals surface area contributed by atoms with Crippen LogP contribution in [0, 0.1) is 0 Å². The third kappa shape index (κ3) is 8.13. The molecule has 0 amide bonds. The van der Waals surface area contributed by atoms with Gasteiger partial charge in [-0.1, -0.05) is 19.8 Å². The van der Waals surface area contributed by atoms with Gasteiger partial charge in [0, 0.05) is 37.7 Å². The van der Waals surface area contributed by atoms with Crippen molar-refractivity contribution in [3.05, 3.63) is 0 Å². The minimum atomic E-state index is 0. The number of rotatable bonds is 7. The summed E-state index contributed by atoms with van der Waals surface area (Å²) >= 11 is 2.11. The molecule has 0 aromatic carbocycles. The summed E-state index contributed by atoms with van der Waals surface area (Å²) in [7, 11) is 1.92. The number of unbranched alkanes of at least 4 members (excludes halogenated alkanes) is 2. The van der Waals surface area contributed by atoms with E-state index in [9.17, 15) is 0 Å². The second-order valence-corrected chi connectivity index (χ2v) is 8.19. The summed E-state index contributed by atoms with van der Waals surface area (Å²) in [6.07, 6.45) is 9.44. The zero-order valence-electron chi connectivity index (χ0n) is 15.6. The number of nitrogens with zero attached hydrogens (tertiary/aromatic N) is 3. The molecule has 2 rings (SSSR count). The molecule has 1 N–H and O–H groups in total. The topological polar surface area (TPSA) is 30.9 Å². The largest absolute Gasteiger partial charge is 0.356 e. The van der Waals surface area contributed by atoms with E-state index in [1.54, 1.807) is 0 Å². The molecule has 2 aliphatic rings. The Hall–Kier alpha value is 0.310. The smallest absolute Gasteiger partial charge is 0.193 e. The minimum absolute atomic E-state index is 0. The van der Waals surface area contributed by atoms with E-state index in [1.807, 2.05) is 7.05 Å². The molecule has 4 nitrogen and oxygen atoms in total. The molecule has 0 radical (unpaired) electrons. The lowest BCUT2D eigenvalue weighted by Gasteiger charge is -2.34. The SMILES string of the molecule is CCC1CN(C(=NC)NCCCCCN2CCCCC2)CCS1.I. The van der Waals surface area contributed by atoms with Crippen LogP contribution in [-0.4, -0.2) is 73.1 Å². The lowest BCUT2D eigenvalue weighted by molar-refractivity contribution is 0.224. The molecular formula is C18H37IN4S. The van der Waals surface area contributed by atoms with Gasteiger partial charge in [-0.25, -0.2) is 0 Å². The van der Waals surface area contributed by atoms with Gasteiger partial charge < -0.3 is 15.1 Å². The average molecular weight is 468 g/mol. The molecule has 2 saturated heterocycles. The molecule has 2 heterocycles. The Morgan fingerprint density at radius 3 is 2.62 bits per heavy atom. The van der Waals surface area contributed by atoms with Crippen LogP contribution in [0.1, 0.15) is 51.9 Å². The van der Waals surface area contributed by atoms with Gasteiger partial charge in [-0.3, -0.25) is 4.99 Å². The summed E-state index contributed by atoms with van der Waals surface area (Å²) in [5.41, 5.74) is 0. The third-order valence-corrected chi connectivity index (χ3v) is 6.36. The van der Waals surface area contributed by atoms with Crippen molar-refractivity contribution in [3.63, 3.8) is 0 Å². The summed E-state index contributed by atoms with van der Waals surface area (Å²) in [4.78, 5) is 9.57. The monoisotopic (exact) mass is 468 g/mol. The Morgan fingerprint density at radius 2 is 1.92 bits per heavy atom. The van der Waals surface area contributed by atoms with Crippen molar-refractivity contribution in [2.45, 2.75) is 57.1 Å². The van der Waals surface area contributed by atoms with Gasteiger partial charge in [0.2, 0.25) is 0 Å². The molecule has 0 spiro atoms. The van der Waals surface area contributed by atoms with Crippen LogP contribution in [-0.2, 0) is 0 Å². The van der Waals surface area contributed by atoms with Crippen molar-refractivity contribution in [2.75, 3.05) is 52.1 Å². The van der Waals surface area contributed by atoms with Gasteiger partial charge in [-0.15, -0.1) is 24.0 Å². The first kappa shape index (κ1) is 22.4. The number of halogens is 1. The van der Waals surface area contributed by atoms with E-state index in [0.29, 0.717) is 0 Å². The zero-order valence-corrected chi connectivity index (χ0v) is 18.8. The lowest BCUT2D eigenvalue weighted by atomic mass is 10.1. The number of nitrogens with one attached hydrogen (secondary N) is 1. The van der Waals surface area contributed by atoms with Crippen LogP contribution in [0.2, 0.25) is 0 Å². The lowest BCUT2D eigenvalue weighted by Crippen LogP contribution is -2.48. The van der Waals surface area contributed by atoms with Crippen LogP contribution in [0.5, 0.6) is 0 Å². The highest BCUT2D eigenvalue weighted by Crippen LogP contribution is 2.21. The van der Waals surface area contributed by atoms with Gasteiger partial charge in [0.05, 0.1) is 0 Å². The van der Waals surface area contributed by atoms with Crippen LogP contribution >= 0.6 is 35.7 Å². The normalized spacial score (nSPS) is 23.0. The quantitative estimate of drug-likeness (QED) is 0.268. The summed E-state index contributed by atoms with van der Waals surface area (Å²) in [6, 6.07) is 0. The highest BCUT2D eigenvalue weighted by molar-refractivity contribution is 14.0. The van der Waals surface area contributed by atoms with E-state index in [2.05, 4.69) is 38.8 Å². The Morgan fingerprint density at radius 1 is 1.12 bits per heavy atom. The van der Waals surface area contributed by atoms with Crippen molar-refractivity contribution in [3.8, 4) is 0 Å². The predicted molar refractivity (Wildman–Crippen MR) is 119 cm³/mol. The predicted octanol–water partition coefficient (Wildman–Crippen LogP) is 3.66. The van der Waals surface area contributed by atoms with Crippen molar-refractivity contribution in [2.24, 2.45) is 4.99 Å². The Kier molecular flexibility index (Phi) is 12.6. The second-order valence-electron chi connectivity index (χ2n) is 6.78. The number of aliphatic imine (C=N–C) groups is 1. The summed E-state index contributed by atoms with van der Waals surface area (Å²) in [5.74, 6) is 2.34. The second kappa shape index (κ2) is 13.5. The van der Waals surface area contributed by atoms with Crippen molar-refractivity contribution in [1.82, 2.24) is 15.1 Å². The average Bonchev–Trinajstić information content (AvgIpc) is 2.62. The van der Waals surface area contributed by atoms with Gasteiger partial charge in [0.15, 0.2) is 5.96 Å². The molecule has 142 valence electrons. The van der Waals surface area contributed by atoms with Crippen molar-refractivity contribution >= 4 is 41.7 Å². The number of hydrogen-bond acceptors (Lipinski definition) is 3. The van der Waals surface area contributed by atoms with E-state index in [1.165, 1.54) is 70.3 Å². The molecule has 2 aliphatic heterocycles. The fourth-order valence-electron chi connectivity index (χ4n) is 3.51. The highest BCUT2D eigenvalue weighted by atomic mass is 127. The van der Waals surface area contributed by atoms with Gasteiger partial charge in [-0.2, -0.15) is 11.8 Å². The van der Waals surface area contributed by atoms with E-state index in [0.717, 1.165) is 30.8 Å². The van der Waals surface area contributed by atoms with Crippen LogP contribution in [0.25, 0.3) is 0 Å². The van der Waals surface area contributed by atoms with Gasteiger partial charge in [0.1, 0.15) is 0 Å². The van der Waals surface area contributed by atoms with E-state index in [4.69, 9.17) is 0 Å². The molecule has 0 aromatic rings. The number of hydrogen-bond donors (Lipinski definition) is 1. The highest BCUT2D eigenvalue weighted by Gasteiger charge is 2.21. The minimum Gasteiger partial charge on any atom is -0.356 e. The van der Waals surface area contributed by atoms with Crippen LogP contribution in [0.3, 0.4) is 0 Å². The van der Waals surface area contributed by atoms with E-state index >= 15 is 0 Å². The standard InChI is InChI=1S/C18H36N4S.HI/c1-3-17-16-22(14-15-23-17)18(19-2)20-10-6-4-7-11-21-12-8-5-9-13-21;/h17H,3-16H2,1-2H3,(H,19,20);1H. The molecule has 0 aliphatic carbocycles. The zero-order chi connectivity index (χ0) is 16.3. The van der Waals surface area contributed by atoms with Crippen LogP contribution in [0.15, 0.2) is 4.99 Å². The fraction of sp³-hybridized carbons (Fsp3) is 0.944. The number of likely N-dealkylation sites (tertiary alicyclic amines) is 1. The maximum Gasteiger partial charge on any atom is 0.193 e. The Labute approximate surface area is 170 Å². The summed E-state index contributed by atoms with van der Waals surface area (Å²) in [5, 5.41) is 4.35. The first-order valence-corrected chi connectivity index (χ1v) is 10.7. The first-order valence-electron chi connectivity index (χ1n) is 9.63.